The van der Waals surface area contributed by atoms with Crippen LogP contribution in [0, 0.1) is 6.92 Å². The smallest absolute Gasteiger partial charge is 0.282 e. The number of aryl methyl sites for hydroxylation is 1. The minimum Gasteiger partial charge on any atom is -0.282 e. The second-order valence-corrected chi connectivity index (χ2v) is 5.38. The maximum atomic E-state index is 13.7. The molecule has 0 heterocycles. The van der Waals surface area contributed by atoms with Crippen LogP contribution in [-0.4, -0.2) is 19.0 Å². The van der Waals surface area contributed by atoms with E-state index in [0.29, 0.717) is 18.0 Å². The largest absolute Gasteiger partial charge is 0.296 e. The van der Waals surface area contributed by atoms with Crippen LogP contribution < -0.4 is 5.12 Å². The van der Waals surface area contributed by atoms with E-state index in [-0.39, 0.29) is 16.6 Å². The van der Waals surface area contributed by atoms with Crippen molar-refractivity contribution in [3.63, 3.8) is 0 Å². The van der Waals surface area contributed by atoms with Gasteiger partial charge in [0.25, 0.3) is 10.1 Å². The molecule has 16 heavy (non-hydrogen) atoms. The van der Waals surface area contributed by atoms with E-state index < -0.39 is 10.1 Å². The first-order chi connectivity index (χ1) is 7.39. The SMILES string of the molecule is Cc1ccc(S(=O)(=O)O)c(N(F)C2CC2)c1. The molecule has 1 saturated carbocycles. The molecule has 0 bridgehead atoms. The molecular weight excluding hydrogens is 233 g/mol. The minimum atomic E-state index is -4.38. The van der Waals surface area contributed by atoms with Crippen LogP contribution in [0.15, 0.2) is 23.1 Å². The number of rotatable bonds is 3. The van der Waals surface area contributed by atoms with Crippen LogP contribution in [0.1, 0.15) is 18.4 Å². The summed E-state index contributed by atoms with van der Waals surface area (Å²) in [7, 11) is -4.38. The lowest BCUT2D eigenvalue weighted by Gasteiger charge is -2.16. The number of anilines is 1. The van der Waals surface area contributed by atoms with Crippen LogP contribution in [0.4, 0.5) is 10.2 Å². The molecule has 1 aromatic carbocycles. The van der Waals surface area contributed by atoms with Gasteiger partial charge in [0.05, 0.1) is 11.7 Å². The first kappa shape index (κ1) is 11.3. The predicted molar refractivity (Wildman–Crippen MR) is 57.6 cm³/mol. The minimum absolute atomic E-state index is 0.0787. The Kier molecular flexibility index (Phi) is 2.63. The zero-order valence-electron chi connectivity index (χ0n) is 8.72. The van der Waals surface area contributed by atoms with Crippen molar-refractivity contribution in [3.8, 4) is 0 Å². The van der Waals surface area contributed by atoms with Crippen molar-refractivity contribution in [1.82, 2.24) is 0 Å². The second kappa shape index (κ2) is 3.71. The summed E-state index contributed by atoms with van der Waals surface area (Å²) in [6.45, 7) is 1.73. The summed E-state index contributed by atoms with van der Waals surface area (Å²) >= 11 is 0. The van der Waals surface area contributed by atoms with E-state index in [9.17, 15) is 12.9 Å². The normalized spacial score (nSPS) is 16.2. The molecule has 4 nitrogen and oxygen atoms in total. The Labute approximate surface area is 93.4 Å². The Morgan fingerprint density at radius 3 is 2.56 bits per heavy atom. The lowest BCUT2D eigenvalue weighted by molar-refractivity contribution is 0.421. The fraction of sp³-hybridized carbons (Fsp3) is 0.400. The average molecular weight is 245 g/mol. The Hall–Kier alpha value is -1.14. The fourth-order valence-corrected chi connectivity index (χ4v) is 2.16. The van der Waals surface area contributed by atoms with Crippen LogP contribution in [0.3, 0.4) is 0 Å². The molecule has 0 unspecified atom stereocenters. The predicted octanol–water partition coefficient (Wildman–Crippen LogP) is 2.10. The summed E-state index contributed by atoms with van der Waals surface area (Å²) in [5.41, 5.74) is 0.663. The van der Waals surface area contributed by atoms with Gasteiger partial charge in [-0.2, -0.15) is 8.42 Å². The van der Waals surface area contributed by atoms with Gasteiger partial charge >= 0.3 is 0 Å². The molecule has 0 aliphatic heterocycles. The number of benzene rings is 1. The molecule has 1 N–H and O–H groups in total. The highest BCUT2D eigenvalue weighted by molar-refractivity contribution is 7.86. The van der Waals surface area contributed by atoms with Crippen molar-refractivity contribution in [1.29, 1.82) is 0 Å². The molecule has 1 aromatic rings. The fourth-order valence-electron chi connectivity index (χ4n) is 1.51. The van der Waals surface area contributed by atoms with Crippen molar-refractivity contribution in [2.75, 3.05) is 5.12 Å². The Morgan fingerprint density at radius 1 is 1.44 bits per heavy atom. The summed E-state index contributed by atoms with van der Waals surface area (Å²) < 4.78 is 44.9. The van der Waals surface area contributed by atoms with E-state index in [0.717, 1.165) is 5.56 Å². The Bertz CT molecular complexity index is 511. The first-order valence-electron chi connectivity index (χ1n) is 4.93. The molecule has 1 aliphatic rings. The molecule has 0 aromatic heterocycles. The van der Waals surface area contributed by atoms with Crippen molar-refractivity contribution >= 4 is 15.8 Å². The van der Waals surface area contributed by atoms with Crippen molar-refractivity contribution in [3.05, 3.63) is 23.8 Å². The molecule has 0 spiro atoms. The first-order valence-corrected chi connectivity index (χ1v) is 6.37. The highest BCUT2D eigenvalue weighted by Gasteiger charge is 2.33. The van der Waals surface area contributed by atoms with Crippen molar-refractivity contribution in [2.45, 2.75) is 30.7 Å². The summed E-state index contributed by atoms with van der Waals surface area (Å²) in [6.07, 6.45) is 1.41. The topological polar surface area (TPSA) is 57.6 Å². The van der Waals surface area contributed by atoms with E-state index in [2.05, 4.69) is 0 Å². The summed E-state index contributed by atoms with van der Waals surface area (Å²) in [5, 5.41) is 0.427. The lowest BCUT2D eigenvalue weighted by atomic mass is 10.2. The third-order valence-corrected chi connectivity index (χ3v) is 3.39. The molecule has 2 rings (SSSR count). The van der Waals surface area contributed by atoms with Gasteiger partial charge < -0.3 is 0 Å². The summed E-state index contributed by atoms with van der Waals surface area (Å²) in [6, 6.07) is 3.89. The monoisotopic (exact) mass is 245 g/mol. The molecule has 1 fully saturated rings. The zero-order chi connectivity index (χ0) is 11.9. The van der Waals surface area contributed by atoms with Gasteiger partial charge in [0, 0.05) is 0 Å². The molecule has 88 valence electrons. The maximum Gasteiger partial charge on any atom is 0.296 e. The van der Waals surface area contributed by atoms with Crippen LogP contribution in [0.5, 0.6) is 0 Å². The van der Waals surface area contributed by atoms with Crippen LogP contribution in [0.2, 0.25) is 0 Å². The molecule has 0 atom stereocenters. The van der Waals surface area contributed by atoms with E-state index in [1.54, 1.807) is 6.92 Å². The van der Waals surface area contributed by atoms with Crippen LogP contribution in [0.25, 0.3) is 0 Å². The number of halogens is 1. The Morgan fingerprint density at radius 2 is 2.06 bits per heavy atom. The second-order valence-electron chi connectivity index (χ2n) is 3.99. The quantitative estimate of drug-likeness (QED) is 0.654. The van der Waals surface area contributed by atoms with Gasteiger partial charge in [-0.05, 0) is 37.5 Å². The van der Waals surface area contributed by atoms with Gasteiger partial charge in [0.15, 0.2) is 0 Å². The van der Waals surface area contributed by atoms with Crippen molar-refractivity contribution in [2.24, 2.45) is 0 Å². The number of nitrogens with zero attached hydrogens (tertiary/aromatic N) is 1. The molecule has 1 aliphatic carbocycles. The molecule has 0 saturated heterocycles. The molecular formula is C10H12FNO3S. The van der Waals surface area contributed by atoms with Crippen LogP contribution >= 0.6 is 0 Å². The zero-order valence-corrected chi connectivity index (χ0v) is 9.54. The van der Waals surface area contributed by atoms with Gasteiger partial charge in [0.1, 0.15) is 4.90 Å². The molecule has 0 amide bonds. The third kappa shape index (κ3) is 2.17. The molecule has 6 heteroatoms. The Balaban J connectivity index is 2.52. The van der Waals surface area contributed by atoms with E-state index in [1.807, 2.05) is 0 Å². The van der Waals surface area contributed by atoms with Gasteiger partial charge in [0.2, 0.25) is 0 Å². The third-order valence-electron chi connectivity index (χ3n) is 2.49. The van der Waals surface area contributed by atoms with Gasteiger partial charge in [-0.25, -0.2) is 5.12 Å². The van der Waals surface area contributed by atoms with E-state index in [1.165, 1.54) is 18.2 Å². The number of hydrogen-bond acceptors (Lipinski definition) is 3. The van der Waals surface area contributed by atoms with E-state index >= 15 is 0 Å². The average Bonchev–Trinajstić information content (AvgIpc) is 2.97. The van der Waals surface area contributed by atoms with E-state index in [4.69, 9.17) is 4.55 Å². The lowest BCUT2D eigenvalue weighted by Crippen LogP contribution is -2.17. The standard InChI is InChI=1S/C10H12FNO3S/c1-7-2-5-10(16(13,14)15)9(6-7)12(11)8-3-4-8/h2,5-6,8H,3-4H2,1H3,(H,13,14,15). The summed E-state index contributed by atoms with van der Waals surface area (Å²) in [5.74, 6) is 0. The highest BCUT2D eigenvalue weighted by atomic mass is 32.2. The van der Waals surface area contributed by atoms with Gasteiger partial charge in [-0.1, -0.05) is 10.5 Å². The van der Waals surface area contributed by atoms with Gasteiger partial charge in [-0.15, -0.1) is 0 Å². The maximum absolute atomic E-state index is 13.7. The highest BCUT2D eigenvalue weighted by Crippen LogP contribution is 2.36. The van der Waals surface area contributed by atoms with Gasteiger partial charge in [-0.3, -0.25) is 4.55 Å². The summed E-state index contributed by atoms with van der Waals surface area (Å²) in [4.78, 5) is -0.382. The van der Waals surface area contributed by atoms with Crippen LogP contribution in [-0.2, 0) is 10.1 Å². The van der Waals surface area contributed by atoms with Crippen molar-refractivity contribution < 1.29 is 17.5 Å². The molecule has 0 radical (unpaired) electrons. The number of hydrogen-bond donors (Lipinski definition) is 1.